The number of rotatable bonds is 7. The molecule has 0 radical (unpaired) electrons. The van der Waals surface area contributed by atoms with E-state index in [1.54, 1.807) is 6.07 Å². The second kappa shape index (κ2) is 7.32. The van der Waals surface area contributed by atoms with Crippen LogP contribution in [0.1, 0.15) is 16.8 Å². The Morgan fingerprint density at radius 2 is 2.11 bits per heavy atom. The first-order valence-corrected chi connectivity index (χ1v) is 5.88. The van der Waals surface area contributed by atoms with Crippen LogP contribution in [0.25, 0.3) is 0 Å². The van der Waals surface area contributed by atoms with Crippen LogP contribution < -0.4 is 15.5 Å². The molecule has 0 saturated heterocycles. The average molecular weight is 249 g/mol. The molecule has 18 heavy (non-hydrogen) atoms. The Bertz CT molecular complexity index is 405. The van der Waals surface area contributed by atoms with Crippen molar-refractivity contribution in [3.8, 4) is 0 Å². The number of anilines is 1. The smallest absolute Gasteiger partial charge is 0.251 e. The van der Waals surface area contributed by atoms with E-state index in [1.165, 1.54) is 0 Å². The van der Waals surface area contributed by atoms with Gasteiger partial charge in [0.2, 0.25) is 6.41 Å². The van der Waals surface area contributed by atoms with Crippen LogP contribution in [-0.2, 0) is 4.79 Å². The molecular formula is C13H19N3O2. The summed E-state index contributed by atoms with van der Waals surface area (Å²) < 4.78 is 0. The lowest BCUT2D eigenvalue weighted by Crippen LogP contribution is -2.27. The van der Waals surface area contributed by atoms with Crippen molar-refractivity contribution in [2.24, 2.45) is 0 Å². The van der Waals surface area contributed by atoms with Crippen LogP contribution in [0.4, 0.5) is 5.69 Å². The van der Waals surface area contributed by atoms with E-state index in [4.69, 9.17) is 0 Å². The summed E-state index contributed by atoms with van der Waals surface area (Å²) in [6.07, 6.45) is 1.38. The predicted octanol–water partition coefficient (Wildman–Crippen LogP) is 0.618. The van der Waals surface area contributed by atoms with Crippen molar-refractivity contribution in [2.75, 3.05) is 32.1 Å². The highest BCUT2D eigenvalue weighted by Gasteiger charge is 2.05. The van der Waals surface area contributed by atoms with Gasteiger partial charge in [0.05, 0.1) is 0 Å². The van der Waals surface area contributed by atoms with E-state index in [0.29, 0.717) is 25.1 Å². The van der Waals surface area contributed by atoms with Gasteiger partial charge in [0, 0.05) is 38.4 Å². The van der Waals surface area contributed by atoms with Crippen molar-refractivity contribution < 1.29 is 9.59 Å². The Kier molecular flexibility index (Phi) is 5.70. The lowest BCUT2D eigenvalue weighted by molar-refractivity contribution is -0.109. The summed E-state index contributed by atoms with van der Waals surface area (Å²) in [5.41, 5.74) is 1.63. The molecule has 0 atom stereocenters. The number of hydrogen-bond donors (Lipinski definition) is 2. The van der Waals surface area contributed by atoms with Gasteiger partial charge in [-0.15, -0.1) is 0 Å². The zero-order valence-electron chi connectivity index (χ0n) is 10.8. The molecule has 1 rings (SSSR count). The summed E-state index contributed by atoms with van der Waals surface area (Å²) in [5, 5.41) is 5.36. The van der Waals surface area contributed by atoms with E-state index in [9.17, 15) is 9.59 Å². The number of amides is 2. The maximum atomic E-state index is 11.8. The number of benzene rings is 1. The molecule has 0 unspecified atom stereocenters. The molecule has 5 heteroatoms. The third-order valence-electron chi connectivity index (χ3n) is 2.49. The molecule has 1 aromatic rings. The Hall–Kier alpha value is -2.04. The van der Waals surface area contributed by atoms with Gasteiger partial charge in [0.25, 0.3) is 5.91 Å². The highest BCUT2D eigenvalue weighted by Crippen LogP contribution is 2.13. The summed E-state index contributed by atoms with van der Waals surface area (Å²) >= 11 is 0. The van der Waals surface area contributed by atoms with Crippen LogP contribution in [0.5, 0.6) is 0 Å². The van der Waals surface area contributed by atoms with Crippen LogP contribution in [0, 0.1) is 0 Å². The largest absolute Gasteiger partial charge is 0.378 e. The van der Waals surface area contributed by atoms with Crippen molar-refractivity contribution >= 4 is 18.0 Å². The normalized spacial score (nSPS) is 9.67. The molecule has 2 amide bonds. The standard InChI is InChI=1S/C13H19N3O2/c1-16(2)12-6-3-5-11(9-12)13(18)15-8-4-7-14-10-17/h3,5-6,9-10H,4,7-8H2,1-2H3,(H,14,17)(H,15,18). The quantitative estimate of drug-likeness (QED) is 0.550. The van der Waals surface area contributed by atoms with Gasteiger partial charge < -0.3 is 15.5 Å². The highest BCUT2D eigenvalue weighted by atomic mass is 16.1. The summed E-state index contributed by atoms with van der Waals surface area (Å²) in [6, 6.07) is 7.44. The third-order valence-corrected chi connectivity index (χ3v) is 2.49. The molecular weight excluding hydrogens is 230 g/mol. The zero-order chi connectivity index (χ0) is 13.4. The van der Waals surface area contributed by atoms with E-state index >= 15 is 0 Å². The van der Waals surface area contributed by atoms with E-state index in [0.717, 1.165) is 12.1 Å². The molecule has 2 N–H and O–H groups in total. The highest BCUT2D eigenvalue weighted by molar-refractivity contribution is 5.95. The van der Waals surface area contributed by atoms with Crippen LogP contribution in [0.15, 0.2) is 24.3 Å². The fraction of sp³-hybridized carbons (Fsp3) is 0.385. The van der Waals surface area contributed by atoms with E-state index in [-0.39, 0.29) is 5.91 Å². The van der Waals surface area contributed by atoms with Gasteiger partial charge in [-0.2, -0.15) is 0 Å². The molecule has 0 aliphatic rings. The van der Waals surface area contributed by atoms with Gasteiger partial charge in [-0.3, -0.25) is 9.59 Å². The monoisotopic (exact) mass is 249 g/mol. The number of carbonyl (C=O) groups is 2. The average Bonchev–Trinajstić information content (AvgIpc) is 2.38. The minimum absolute atomic E-state index is 0.0928. The molecule has 0 aromatic heterocycles. The zero-order valence-corrected chi connectivity index (χ0v) is 10.8. The van der Waals surface area contributed by atoms with Crippen molar-refractivity contribution in [2.45, 2.75) is 6.42 Å². The van der Waals surface area contributed by atoms with E-state index in [1.807, 2.05) is 37.2 Å². The second-order valence-electron chi connectivity index (χ2n) is 4.13. The van der Waals surface area contributed by atoms with Crippen molar-refractivity contribution in [1.82, 2.24) is 10.6 Å². The lowest BCUT2D eigenvalue weighted by Gasteiger charge is -2.13. The lowest BCUT2D eigenvalue weighted by atomic mass is 10.2. The number of hydrogen-bond acceptors (Lipinski definition) is 3. The molecule has 98 valence electrons. The summed E-state index contributed by atoms with van der Waals surface area (Å²) in [6.45, 7) is 1.12. The summed E-state index contributed by atoms with van der Waals surface area (Å²) in [7, 11) is 3.87. The summed E-state index contributed by atoms with van der Waals surface area (Å²) in [5.74, 6) is -0.0928. The first kappa shape index (κ1) is 14.0. The molecule has 0 spiro atoms. The first-order chi connectivity index (χ1) is 8.65. The number of nitrogens with zero attached hydrogens (tertiary/aromatic N) is 1. The van der Waals surface area contributed by atoms with Crippen molar-refractivity contribution in [3.05, 3.63) is 29.8 Å². The maximum Gasteiger partial charge on any atom is 0.251 e. The van der Waals surface area contributed by atoms with Crippen LogP contribution in [-0.4, -0.2) is 39.5 Å². The van der Waals surface area contributed by atoms with Gasteiger partial charge in [-0.05, 0) is 24.6 Å². The molecule has 0 aliphatic carbocycles. The predicted molar refractivity (Wildman–Crippen MR) is 71.8 cm³/mol. The Morgan fingerprint density at radius 1 is 1.33 bits per heavy atom. The van der Waals surface area contributed by atoms with Crippen molar-refractivity contribution in [3.63, 3.8) is 0 Å². The molecule has 0 heterocycles. The van der Waals surface area contributed by atoms with Gasteiger partial charge in [-0.1, -0.05) is 6.07 Å². The minimum atomic E-state index is -0.0928. The molecule has 5 nitrogen and oxygen atoms in total. The fourth-order valence-electron chi connectivity index (χ4n) is 1.48. The molecule has 0 bridgehead atoms. The van der Waals surface area contributed by atoms with Gasteiger partial charge >= 0.3 is 0 Å². The Labute approximate surface area is 107 Å². The Morgan fingerprint density at radius 3 is 2.78 bits per heavy atom. The molecule has 1 aromatic carbocycles. The van der Waals surface area contributed by atoms with E-state index < -0.39 is 0 Å². The number of nitrogens with one attached hydrogen (secondary N) is 2. The third kappa shape index (κ3) is 4.45. The molecule has 0 fully saturated rings. The fourth-order valence-corrected chi connectivity index (χ4v) is 1.48. The number of carbonyl (C=O) groups excluding carboxylic acids is 2. The summed E-state index contributed by atoms with van der Waals surface area (Å²) in [4.78, 5) is 23.8. The second-order valence-corrected chi connectivity index (χ2v) is 4.13. The topological polar surface area (TPSA) is 61.4 Å². The minimum Gasteiger partial charge on any atom is -0.378 e. The molecule has 0 saturated carbocycles. The first-order valence-electron chi connectivity index (χ1n) is 5.88. The van der Waals surface area contributed by atoms with Crippen molar-refractivity contribution in [1.29, 1.82) is 0 Å². The van der Waals surface area contributed by atoms with Gasteiger partial charge in [-0.25, -0.2) is 0 Å². The van der Waals surface area contributed by atoms with Crippen LogP contribution in [0.2, 0.25) is 0 Å². The molecule has 0 aliphatic heterocycles. The van der Waals surface area contributed by atoms with Gasteiger partial charge in [0.1, 0.15) is 0 Å². The SMILES string of the molecule is CN(C)c1cccc(C(=O)NCCCNC=O)c1. The van der Waals surface area contributed by atoms with Crippen LogP contribution >= 0.6 is 0 Å². The Balaban J connectivity index is 2.46. The van der Waals surface area contributed by atoms with Gasteiger partial charge in [0.15, 0.2) is 0 Å². The maximum absolute atomic E-state index is 11.8. The van der Waals surface area contributed by atoms with E-state index in [2.05, 4.69) is 10.6 Å². The van der Waals surface area contributed by atoms with Crippen LogP contribution in [0.3, 0.4) is 0 Å².